The largest absolute Gasteiger partial charge is 0.454 e. The number of hydrogen-bond acceptors (Lipinski definition) is 33. The van der Waals surface area contributed by atoms with Crippen molar-refractivity contribution in [1.82, 2.24) is 83.0 Å². The molecule has 6 atom stereocenters. The molecule has 129 heavy (non-hydrogen) atoms. The minimum Gasteiger partial charge on any atom is -0.454 e. The van der Waals surface area contributed by atoms with E-state index in [0.717, 1.165) is 186 Å². The zero-order valence-electron chi connectivity index (χ0n) is 75.7. The Morgan fingerprint density at radius 3 is 0.930 bits per heavy atom. The number of nitrogens with two attached hydrogens (primary N) is 2. The average Bonchev–Trinajstić information content (AvgIpc) is 1.57. The third-order valence-corrected chi connectivity index (χ3v) is 20.6. The maximum Gasteiger partial charge on any atom is 0.231 e. The summed E-state index contributed by atoms with van der Waals surface area (Å²) >= 11 is 0. The number of guanidine groups is 12. The second-order valence-corrected chi connectivity index (χ2v) is 31.3. The van der Waals surface area contributed by atoms with E-state index in [1.807, 2.05) is 197 Å². The number of fused-ring (bicyclic) bond motifs is 6. The van der Waals surface area contributed by atoms with E-state index in [9.17, 15) is 0 Å². The lowest BCUT2D eigenvalue weighted by molar-refractivity contribution is 0.173. The Balaban J connectivity index is 0.000000132. The van der Waals surface area contributed by atoms with Crippen molar-refractivity contribution in [3.63, 3.8) is 0 Å². The molecule has 6 unspecified atom stereocenters. The molecule has 0 bridgehead atoms. The van der Waals surface area contributed by atoms with Gasteiger partial charge in [-0.25, -0.2) is 34.9 Å². The molecular formula is C87H120N30O12. The Bertz CT molecular complexity index is 5270. The average molecular weight is 1780 g/mol. The maximum atomic E-state index is 5.72. The van der Waals surface area contributed by atoms with Crippen molar-refractivity contribution in [1.29, 1.82) is 0 Å². The van der Waals surface area contributed by atoms with E-state index in [-0.39, 0.29) is 37.0 Å². The minimum atomic E-state index is -0.144. The summed E-state index contributed by atoms with van der Waals surface area (Å²) in [6.45, 7) is 18.1. The summed E-state index contributed by atoms with van der Waals surface area (Å²) in [4.78, 5) is 62.5. The molecule has 1 fully saturated rings. The molecule has 1 saturated heterocycles. The molecular weight excluding hydrogens is 1660 g/mol. The molecule has 6 aromatic carbocycles. The fourth-order valence-corrected chi connectivity index (χ4v) is 13.8. The predicted octanol–water partition coefficient (Wildman–Crippen LogP) is 3.76. The lowest BCUT2D eigenvalue weighted by Crippen LogP contribution is -2.61. The molecule has 42 nitrogen and oxygen atoms in total. The van der Waals surface area contributed by atoms with Crippen LogP contribution in [-0.4, -0.2) is 276 Å². The van der Waals surface area contributed by atoms with Crippen LogP contribution >= 0.6 is 0 Å². The molecule has 6 aromatic rings. The quantitative estimate of drug-likeness (QED) is 0.0582. The van der Waals surface area contributed by atoms with Crippen LogP contribution in [0.5, 0.6) is 69.0 Å². The molecule has 0 spiro atoms. The Morgan fingerprint density at radius 2 is 0.566 bits per heavy atom. The van der Waals surface area contributed by atoms with Crippen molar-refractivity contribution >= 4 is 71.5 Å². The summed E-state index contributed by atoms with van der Waals surface area (Å²) in [6, 6.07) is 36.1. The molecule has 12 heterocycles. The first-order chi connectivity index (χ1) is 62.4. The van der Waals surface area contributed by atoms with Crippen molar-refractivity contribution < 1.29 is 56.8 Å². The molecule has 12 aliphatic heterocycles. The van der Waals surface area contributed by atoms with Crippen LogP contribution < -0.4 is 127 Å². The number of hydrogen-bond donors (Lipinski definition) is 13. The zero-order valence-corrected chi connectivity index (χ0v) is 75.7. The monoisotopic (exact) mass is 1780 g/mol. The van der Waals surface area contributed by atoms with Gasteiger partial charge >= 0.3 is 0 Å². The van der Waals surface area contributed by atoms with E-state index in [2.05, 4.69) is 146 Å². The van der Waals surface area contributed by atoms with Gasteiger partial charge in [-0.15, -0.1) is 0 Å². The molecule has 0 aliphatic carbocycles. The summed E-state index contributed by atoms with van der Waals surface area (Å²) in [5, 5.41) is 34.4. The lowest BCUT2D eigenvalue weighted by atomic mass is 10.1. The second-order valence-electron chi connectivity index (χ2n) is 31.3. The number of ether oxygens (including phenoxy) is 12. The molecule has 18 rings (SSSR count). The van der Waals surface area contributed by atoms with Gasteiger partial charge in [-0.3, -0.25) is 56.9 Å². The van der Waals surface area contributed by atoms with Crippen LogP contribution in [0.4, 0.5) is 0 Å². The van der Waals surface area contributed by atoms with Gasteiger partial charge in [-0.1, -0.05) is 36.4 Å². The predicted molar refractivity (Wildman–Crippen MR) is 498 cm³/mol. The summed E-state index contributed by atoms with van der Waals surface area (Å²) in [6.07, 6.45) is 5.03. The highest BCUT2D eigenvalue weighted by atomic mass is 16.7. The fraction of sp³-hybridized carbons (Fsp3) is 0.448. The maximum absolute atomic E-state index is 5.72. The Kier molecular flexibility index (Phi) is 31.7. The minimum absolute atomic E-state index is 0.0166. The van der Waals surface area contributed by atoms with Gasteiger partial charge in [0.25, 0.3) is 0 Å². The first kappa shape index (κ1) is 92.0. The number of nitrogens with zero attached hydrogens (tertiary/aromatic N) is 17. The van der Waals surface area contributed by atoms with Gasteiger partial charge in [-0.2, -0.15) is 0 Å². The SMILES string of the molecule is CC1N=C(N(C)C)NC(=NCCc2ccc3c(c2)OCO3)N1.CC1N=C(N(C)C)NC(N(C)CCc2ccc3c(c2)OCO3)=N1.CC1N=C(N)NC(=NCCc2ccc3c(c2)OCO3)N1.CC1N=C(N)NC(N(C)CCc2ccc3c(c2)OCO3)=N1.CN=C1NC(=NCCc2ccc3c(c2)OCO3)NC(C)N1.CN=C1NC(N(C)CCc2ccc3c(c2)OCO3)=NC(C)N1. The number of benzene rings is 6. The molecule has 0 aromatic heterocycles. The van der Waals surface area contributed by atoms with Crippen LogP contribution in [0, 0.1) is 0 Å². The molecule has 0 saturated carbocycles. The molecule has 15 N–H and O–H groups in total. The van der Waals surface area contributed by atoms with E-state index in [0.29, 0.717) is 78.3 Å². The standard InChI is InChI=1S/C16H23N5O2.2C15H21N5O2.2C14H19N5O2.C13H17N5O2/c1-11-17-15(20(2)3)19-16(18-11)21(4)8-7-12-5-6-13-14(9-12)23-10-22-13;1-10-17-14(19-15(18-10)20(2)3)16-7-6-11-4-5-12-13(8-11)22-9-21-12;1-10-17-14(16-2)19-15(18-10)20(3)7-6-11-4-5-12-13(8-11)22-9-21-12;1-9-16-13(15)18-14(17-9)19(2)6-5-10-3-4-11-12(7-10)21-8-20-11;1-9-17-13(15-2)19-14(18-9)16-6-5-10-3-4-11-12(7-10)21-8-20-11;1-8-16-12(14)18-13(17-8)15-5-4-9-2-3-10-11(6-9)20-7-19-10/h5-6,9,11H,7-8,10H2,1-4H3,(H,17,18,19);2*4-5,8,10H,6-7,9H2,1-3H3,(H2,16,17,18,19);3-4,7,9H,5-6,8H2,1-2H3,(H3,15,16,17,18);3-4,7,9H,5-6,8H2,1-2H3,(H3,15,16,17,18,19);2-3,6,8H,4-5,7H2,1H3,(H4,14,15,16,17,18). The van der Waals surface area contributed by atoms with Crippen LogP contribution in [0.3, 0.4) is 0 Å². The van der Waals surface area contributed by atoms with Crippen molar-refractivity contribution in [3.8, 4) is 69.0 Å². The summed E-state index contributed by atoms with van der Waals surface area (Å²) in [5.74, 6) is 18.2. The van der Waals surface area contributed by atoms with Gasteiger partial charge in [-0.05, 0) is 186 Å². The van der Waals surface area contributed by atoms with Gasteiger partial charge < -0.3 is 119 Å². The van der Waals surface area contributed by atoms with Crippen molar-refractivity contribution in [2.75, 3.05) is 143 Å². The highest BCUT2D eigenvalue weighted by Gasteiger charge is 2.26. The number of rotatable bonds is 18. The Hall–Kier alpha value is -14.6. The summed E-state index contributed by atoms with van der Waals surface area (Å²) in [5.41, 5.74) is 18.5. The summed E-state index contributed by atoms with van der Waals surface area (Å²) < 4.78 is 64.2. The van der Waals surface area contributed by atoms with Crippen molar-refractivity contribution in [2.45, 2.75) is 117 Å². The van der Waals surface area contributed by atoms with Crippen LogP contribution in [0.1, 0.15) is 74.9 Å². The molecule has 0 radical (unpaired) electrons. The van der Waals surface area contributed by atoms with Gasteiger partial charge in [0.2, 0.25) is 70.6 Å². The Morgan fingerprint density at radius 1 is 0.295 bits per heavy atom. The molecule has 42 heteroatoms. The molecule has 0 amide bonds. The Labute approximate surface area is 751 Å². The first-order valence-electron chi connectivity index (χ1n) is 42.7. The van der Waals surface area contributed by atoms with Crippen molar-refractivity contribution in [2.24, 2.45) is 71.4 Å². The lowest BCUT2D eigenvalue weighted by Gasteiger charge is -2.29. The van der Waals surface area contributed by atoms with Crippen molar-refractivity contribution in [3.05, 3.63) is 143 Å². The number of nitrogens with one attached hydrogen (secondary N) is 11. The fourth-order valence-electron chi connectivity index (χ4n) is 13.8. The van der Waals surface area contributed by atoms with Gasteiger partial charge in [0.1, 0.15) is 30.8 Å². The van der Waals surface area contributed by atoms with Crippen LogP contribution in [-0.2, 0) is 38.5 Å². The van der Waals surface area contributed by atoms with E-state index in [4.69, 9.17) is 68.3 Å². The highest BCUT2D eigenvalue weighted by Crippen LogP contribution is 2.38. The normalized spacial score (nSPS) is 21.0. The van der Waals surface area contributed by atoms with E-state index < -0.39 is 0 Å². The first-order valence-corrected chi connectivity index (χ1v) is 42.7. The van der Waals surface area contributed by atoms with Gasteiger partial charge in [0, 0.05) is 103 Å². The van der Waals surface area contributed by atoms with E-state index in [1.165, 1.54) is 27.8 Å². The van der Waals surface area contributed by atoms with Crippen LogP contribution in [0.15, 0.2) is 169 Å². The number of aliphatic imine (C=N–C) groups is 12. The smallest absolute Gasteiger partial charge is 0.231 e. The highest BCUT2D eigenvalue weighted by molar-refractivity contribution is 6.03. The third-order valence-electron chi connectivity index (χ3n) is 20.6. The van der Waals surface area contributed by atoms with Crippen LogP contribution in [0.25, 0.3) is 0 Å². The topological polar surface area (TPSA) is 460 Å². The third kappa shape index (κ3) is 27.0. The van der Waals surface area contributed by atoms with Gasteiger partial charge in [0.05, 0.1) is 6.17 Å². The second kappa shape index (κ2) is 44.5. The van der Waals surface area contributed by atoms with Crippen LogP contribution in [0.2, 0.25) is 0 Å². The molecule has 690 valence electrons. The molecule has 12 aliphatic rings. The van der Waals surface area contributed by atoms with Gasteiger partial charge in [0.15, 0.2) is 111 Å². The van der Waals surface area contributed by atoms with E-state index in [1.54, 1.807) is 14.1 Å². The number of likely N-dealkylation sites (N-methyl/N-ethyl adjacent to an activating group) is 3. The van der Waals surface area contributed by atoms with E-state index >= 15 is 0 Å². The summed E-state index contributed by atoms with van der Waals surface area (Å²) in [7, 11) is 17.3. The zero-order chi connectivity index (χ0) is 90.9.